The lowest BCUT2D eigenvalue weighted by molar-refractivity contribution is 0.104. The van der Waals surface area contributed by atoms with E-state index in [1.54, 1.807) is 0 Å². The fourth-order valence-corrected chi connectivity index (χ4v) is 3.02. The van der Waals surface area contributed by atoms with Gasteiger partial charge in [-0.3, -0.25) is 4.79 Å². The predicted octanol–water partition coefficient (Wildman–Crippen LogP) is 4.67. The molecule has 88 valence electrons. The summed E-state index contributed by atoms with van der Waals surface area (Å²) in [5, 5.41) is 0.700. The highest BCUT2D eigenvalue weighted by Gasteiger charge is 2.24. The zero-order valence-corrected chi connectivity index (χ0v) is 11.0. The quantitative estimate of drug-likeness (QED) is 0.702. The number of carbonyl (C=O) groups is 1. The van der Waals surface area contributed by atoms with Crippen LogP contribution in [0.4, 0.5) is 0 Å². The highest BCUT2D eigenvalue weighted by molar-refractivity contribution is 8.04. The summed E-state index contributed by atoms with van der Waals surface area (Å²) in [4.78, 5) is 13.9. The largest absolute Gasteiger partial charge is 0.288 e. The van der Waals surface area contributed by atoms with Gasteiger partial charge in [0.1, 0.15) is 0 Å². The van der Waals surface area contributed by atoms with Gasteiger partial charge in [-0.1, -0.05) is 47.6 Å². The second kappa shape index (κ2) is 4.63. The van der Waals surface area contributed by atoms with Crippen molar-refractivity contribution in [3.63, 3.8) is 0 Å². The standard InChI is InChI=1S/C15H9ClOS/c16-11-7-5-10(6-8-11)9-14-15(17)12-3-1-2-4-13(12)18-14/h1-9H. The summed E-state index contributed by atoms with van der Waals surface area (Å²) in [7, 11) is 0. The maximum absolute atomic E-state index is 12.2. The van der Waals surface area contributed by atoms with Crippen LogP contribution in [-0.4, -0.2) is 5.78 Å². The Balaban J connectivity index is 1.97. The number of benzene rings is 2. The summed E-state index contributed by atoms with van der Waals surface area (Å²) in [6.45, 7) is 0. The molecule has 0 atom stereocenters. The monoisotopic (exact) mass is 272 g/mol. The second-order valence-electron chi connectivity index (χ2n) is 3.99. The van der Waals surface area contributed by atoms with Crippen molar-refractivity contribution >= 4 is 35.2 Å². The maximum atomic E-state index is 12.2. The number of ketones is 1. The third-order valence-corrected chi connectivity index (χ3v) is 4.09. The van der Waals surface area contributed by atoms with Crippen LogP contribution in [0, 0.1) is 0 Å². The van der Waals surface area contributed by atoms with Crippen molar-refractivity contribution in [2.45, 2.75) is 4.90 Å². The van der Waals surface area contributed by atoms with Gasteiger partial charge in [0.2, 0.25) is 5.78 Å². The number of hydrogen-bond acceptors (Lipinski definition) is 2. The summed E-state index contributed by atoms with van der Waals surface area (Å²) in [6.07, 6.45) is 1.91. The molecule has 0 N–H and O–H groups in total. The zero-order valence-electron chi connectivity index (χ0n) is 9.39. The lowest BCUT2D eigenvalue weighted by Gasteiger charge is -1.96. The Hall–Kier alpha value is -1.51. The Labute approximate surface area is 114 Å². The highest BCUT2D eigenvalue weighted by Crippen LogP contribution is 2.40. The number of rotatable bonds is 1. The van der Waals surface area contributed by atoms with Crippen molar-refractivity contribution in [2.24, 2.45) is 0 Å². The van der Waals surface area contributed by atoms with Crippen molar-refractivity contribution in [3.8, 4) is 0 Å². The van der Waals surface area contributed by atoms with Gasteiger partial charge < -0.3 is 0 Å². The molecule has 0 unspecified atom stereocenters. The number of hydrogen-bond donors (Lipinski definition) is 0. The van der Waals surface area contributed by atoms with Gasteiger partial charge in [-0.25, -0.2) is 0 Å². The van der Waals surface area contributed by atoms with Gasteiger partial charge in [-0.05, 0) is 35.9 Å². The number of carbonyl (C=O) groups excluding carboxylic acids is 1. The zero-order chi connectivity index (χ0) is 12.5. The molecule has 3 heteroatoms. The second-order valence-corrected chi connectivity index (χ2v) is 5.51. The van der Waals surface area contributed by atoms with Crippen molar-refractivity contribution in [3.05, 3.63) is 69.6 Å². The van der Waals surface area contributed by atoms with Crippen LogP contribution < -0.4 is 0 Å². The molecule has 2 aromatic rings. The molecule has 0 spiro atoms. The molecule has 2 aromatic carbocycles. The summed E-state index contributed by atoms with van der Waals surface area (Å²) in [6, 6.07) is 15.1. The number of thioether (sulfide) groups is 1. The average Bonchev–Trinajstić information content (AvgIpc) is 2.70. The predicted molar refractivity (Wildman–Crippen MR) is 76.1 cm³/mol. The molecular weight excluding hydrogens is 264 g/mol. The van der Waals surface area contributed by atoms with E-state index >= 15 is 0 Å². The van der Waals surface area contributed by atoms with Crippen LogP contribution in [0.15, 0.2) is 58.3 Å². The lowest BCUT2D eigenvalue weighted by atomic mass is 10.1. The van der Waals surface area contributed by atoms with Gasteiger partial charge in [-0.15, -0.1) is 0 Å². The molecule has 1 heterocycles. The van der Waals surface area contributed by atoms with Gasteiger partial charge in [0, 0.05) is 15.5 Å². The van der Waals surface area contributed by atoms with Crippen molar-refractivity contribution in [2.75, 3.05) is 0 Å². The Morgan fingerprint density at radius 2 is 1.72 bits per heavy atom. The van der Waals surface area contributed by atoms with Crippen LogP contribution in [0.25, 0.3) is 6.08 Å². The molecule has 1 aliphatic heterocycles. The molecule has 1 aliphatic rings. The van der Waals surface area contributed by atoms with Gasteiger partial charge in [0.05, 0.1) is 4.91 Å². The van der Waals surface area contributed by atoms with E-state index in [1.165, 1.54) is 11.8 Å². The minimum atomic E-state index is 0.102. The van der Waals surface area contributed by atoms with E-state index in [1.807, 2.05) is 54.6 Å². The van der Waals surface area contributed by atoms with Crippen molar-refractivity contribution < 1.29 is 4.79 Å². The van der Waals surface area contributed by atoms with Gasteiger partial charge in [-0.2, -0.15) is 0 Å². The Kier molecular flexibility index (Phi) is 2.98. The molecule has 0 bridgehead atoms. The van der Waals surface area contributed by atoms with Gasteiger partial charge in [0.25, 0.3) is 0 Å². The van der Waals surface area contributed by atoms with Crippen LogP contribution >= 0.6 is 23.4 Å². The first-order valence-electron chi connectivity index (χ1n) is 5.53. The van der Waals surface area contributed by atoms with Crippen LogP contribution in [0.3, 0.4) is 0 Å². The SMILES string of the molecule is O=C1C(=Cc2ccc(Cl)cc2)Sc2ccccc21. The minimum Gasteiger partial charge on any atom is -0.288 e. The third-order valence-electron chi connectivity index (χ3n) is 2.74. The summed E-state index contributed by atoms with van der Waals surface area (Å²) >= 11 is 7.36. The van der Waals surface area contributed by atoms with Crippen molar-refractivity contribution in [1.29, 1.82) is 0 Å². The van der Waals surface area contributed by atoms with E-state index in [-0.39, 0.29) is 5.78 Å². The summed E-state index contributed by atoms with van der Waals surface area (Å²) < 4.78 is 0. The smallest absolute Gasteiger partial charge is 0.200 e. The summed E-state index contributed by atoms with van der Waals surface area (Å²) in [5.74, 6) is 0.102. The highest BCUT2D eigenvalue weighted by atomic mass is 35.5. The van der Waals surface area contributed by atoms with Crippen LogP contribution in [0.1, 0.15) is 15.9 Å². The van der Waals surface area contributed by atoms with Crippen LogP contribution in [0.5, 0.6) is 0 Å². The van der Waals surface area contributed by atoms with E-state index in [2.05, 4.69) is 0 Å². The molecule has 0 saturated heterocycles. The Morgan fingerprint density at radius 3 is 2.44 bits per heavy atom. The summed E-state index contributed by atoms with van der Waals surface area (Å²) in [5.41, 5.74) is 1.78. The number of halogens is 1. The molecule has 0 fully saturated rings. The van der Waals surface area contributed by atoms with Crippen LogP contribution in [-0.2, 0) is 0 Å². The molecule has 1 nitrogen and oxygen atoms in total. The van der Waals surface area contributed by atoms with E-state index in [4.69, 9.17) is 11.6 Å². The molecule has 0 saturated carbocycles. The fraction of sp³-hybridized carbons (Fsp3) is 0. The minimum absolute atomic E-state index is 0.102. The molecule has 0 radical (unpaired) electrons. The normalized spacial score (nSPS) is 16.1. The van der Waals surface area contributed by atoms with E-state index < -0.39 is 0 Å². The molecule has 0 aliphatic carbocycles. The third kappa shape index (κ3) is 2.09. The first kappa shape index (κ1) is 11.6. The Morgan fingerprint density at radius 1 is 1.00 bits per heavy atom. The van der Waals surface area contributed by atoms with Crippen molar-refractivity contribution in [1.82, 2.24) is 0 Å². The van der Waals surface area contributed by atoms with E-state index in [0.29, 0.717) is 5.02 Å². The Bertz CT molecular complexity index is 644. The van der Waals surface area contributed by atoms with Gasteiger partial charge >= 0.3 is 0 Å². The topological polar surface area (TPSA) is 17.1 Å². The molecule has 0 aromatic heterocycles. The lowest BCUT2D eigenvalue weighted by Crippen LogP contribution is -1.93. The number of Topliss-reactive ketones (excluding diaryl/α,β-unsaturated/α-hetero) is 1. The van der Waals surface area contributed by atoms with Gasteiger partial charge in [0.15, 0.2) is 0 Å². The van der Waals surface area contributed by atoms with E-state index in [0.717, 1.165) is 20.9 Å². The number of fused-ring (bicyclic) bond motifs is 1. The first-order valence-corrected chi connectivity index (χ1v) is 6.72. The van der Waals surface area contributed by atoms with Crippen LogP contribution in [0.2, 0.25) is 5.02 Å². The molecular formula is C15H9ClOS. The fourth-order valence-electron chi connectivity index (χ4n) is 1.85. The first-order chi connectivity index (χ1) is 8.74. The van der Waals surface area contributed by atoms with E-state index in [9.17, 15) is 4.79 Å². The molecule has 0 amide bonds. The average molecular weight is 273 g/mol. The molecule has 18 heavy (non-hydrogen) atoms. The maximum Gasteiger partial charge on any atom is 0.200 e. The number of allylic oxidation sites excluding steroid dienone is 1. The molecule has 3 rings (SSSR count).